The number of hydrogen-bond donors (Lipinski definition) is 0. The second-order valence-electron chi connectivity index (χ2n) is 6.56. The van der Waals surface area contributed by atoms with Gasteiger partial charge in [0.05, 0.1) is 12.2 Å². The van der Waals surface area contributed by atoms with E-state index in [9.17, 15) is 0 Å². The zero-order valence-corrected chi connectivity index (χ0v) is 12.1. The molecule has 0 bridgehead atoms. The first-order valence-electron chi connectivity index (χ1n) is 8.23. The van der Waals surface area contributed by atoms with Gasteiger partial charge in [-0.3, -0.25) is 4.68 Å². The Bertz CT molecular complexity index is 495. The number of rotatable bonds is 3. The third-order valence-corrected chi connectivity index (χ3v) is 5.12. The fraction of sp³-hybridized carbons (Fsp3) is 0.706. The molecule has 0 aromatic carbocycles. The molecular weight excluding hydrogens is 248 g/mol. The largest absolute Gasteiger partial charge is 0.381 e. The van der Waals surface area contributed by atoms with E-state index >= 15 is 0 Å². The number of hydrogen-bond acceptors (Lipinski definition) is 2. The molecule has 4 rings (SSSR count). The van der Waals surface area contributed by atoms with E-state index in [2.05, 4.69) is 28.3 Å². The summed E-state index contributed by atoms with van der Waals surface area (Å²) in [5.74, 6) is 1.55. The summed E-state index contributed by atoms with van der Waals surface area (Å²) in [6.45, 7) is 1.77. The van der Waals surface area contributed by atoms with Crippen LogP contribution in [-0.4, -0.2) is 23.0 Å². The SMILES string of the molecule is C1=C(C2CC2)C(c2cnn(C3CCOCC3)c2)CCC1. The summed E-state index contributed by atoms with van der Waals surface area (Å²) in [5, 5.41) is 4.66. The molecule has 1 atom stereocenters. The Morgan fingerprint density at radius 2 is 1.95 bits per heavy atom. The molecule has 108 valence electrons. The molecule has 2 fully saturated rings. The molecule has 3 nitrogen and oxygen atoms in total. The van der Waals surface area contributed by atoms with Crippen molar-refractivity contribution >= 4 is 0 Å². The highest BCUT2D eigenvalue weighted by atomic mass is 16.5. The molecule has 1 saturated carbocycles. The molecule has 1 saturated heterocycles. The average Bonchev–Trinajstić information content (AvgIpc) is 3.25. The Morgan fingerprint density at radius 1 is 1.10 bits per heavy atom. The standard InChI is InChI=1S/C17H24N2O/c1-2-4-17(16(3-1)13-5-6-13)14-11-18-19(12-14)15-7-9-20-10-8-15/h3,11-13,15,17H,1-2,4-10H2. The van der Waals surface area contributed by atoms with Crippen molar-refractivity contribution in [1.29, 1.82) is 0 Å². The van der Waals surface area contributed by atoms with Crippen molar-refractivity contribution < 1.29 is 4.74 Å². The third kappa shape index (κ3) is 2.44. The highest BCUT2D eigenvalue weighted by molar-refractivity contribution is 5.31. The maximum Gasteiger partial charge on any atom is 0.0563 e. The van der Waals surface area contributed by atoms with Crippen molar-refractivity contribution in [2.75, 3.05) is 13.2 Å². The van der Waals surface area contributed by atoms with Crippen LogP contribution in [0.2, 0.25) is 0 Å². The summed E-state index contributed by atoms with van der Waals surface area (Å²) in [7, 11) is 0. The average molecular weight is 272 g/mol. The molecule has 1 aromatic heterocycles. The van der Waals surface area contributed by atoms with Crippen LogP contribution in [0.4, 0.5) is 0 Å². The van der Waals surface area contributed by atoms with Gasteiger partial charge in [0.25, 0.3) is 0 Å². The Balaban J connectivity index is 1.54. The molecule has 0 amide bonds. The van der Waals surface area contributed by atoms with Gasteiger partial charge in [-0.05, 0) is 56.4 Å². The summed E-state index contributed by atoms with van der Waals surface area (Å²) < 4.78 is 7.66. The second kappa shape index (κ2) is 5.36. The lowest BCUT2D eigenvalue weighted by Crippen LogP contribution is -2.19. The summed E-state index contributed by atoms with van der Waals surface area (Å²) >= 11 is 0. The number of ether oxygens (including phenoxy) is 1. The van der Waals surface area contributed by atoms with Gasteiger partial charge in [-0.25, -0.2) is 0 Å². The lowest BCUT2D eigenvalue weighted by molar-refractivity contribution is 0.0662. The minimum atomic E-state index is 0.550. The third-order valence-electron chi connectivity index (χ3n) is 5.12. The van der Waals surface area contributed by atoms with E-state index in [0.29, 0.717) is 12.0 Å². The van der Waals surface area contributed by atoms with Gasteiger partial charge in [0.1, 0.15) is 0 Å². The Labute approximate surface area is 121 Å². The predicted octanol–water partition coefficient (Wildman–Crippen LogP) is 3.84. The fourth-order valence-corrected chi connectivity index (χ4v) is 3.81. The minimum absolute atomic E-state index is 0.550. The van der Waals surface area contributed by atoms with Crippen LogP contribution in [0.1, 0.15) is 62.5 Å². The van der Waals surface area contributed by atoms with Crippen molar-refractivity contribution in [2.24, 2.45) is 5.92 Å². The molecule has 1 aromatic rings. The van der Waals surface area contributed by atoms with E-state index in [0.717, 1.165) is 32.0 Å². The number of allylic oxidation sites excluding steroid dienone is 2. The van der Waals surface area contributed by atoms with Gasteiger partial charge >= 0.3 is 0 Å². The van der Waals surface area contributed by atoms with Crippen molar-refractivity contribution in [3.8, 4) is 0 Å². The van der Waals surface area contributed by atoms with Crippen LogP contribution < -0.4 is 0 Å². The second-order valence-corrected chi connectivity index (χ2v) is 6.56. The Hall–Kier alpha value is -1.09. The van der Waals surface area contributed by atoms with Gasteiger partial charge in [-0.2, -0.15) is 5.10 Å². The minimum Gasteiger partial charge on any atom is -0.381 e. The van der Waals surface area contributed by atoms with Crippen LogP contribution in [0.5, 0.6) is 0 Å². The maximum absolute atomic E-state index is 5.45. The molecule has 1 aliphatic heterocycles. The molecule has 0 spiro atoms. The predicted molar refractivity (Wildman–Crippen MR) is 78.7 cm³/mol. The number of aromatic nitrogens is 2. The molecule has 2 heterocycles. The molecule has 3 heteroatoms. The van der Waals surface area contributed by atoms with Gasteiger partial charge in [0, 0.05) is 25.3 Å². The van der Waals surface area contributed by atoms with Gasteiger partial charge < -0.3 is 4.74 Å². The lowest BCUT2D eigenvalue weighted by atomic mass is 9.81. The topological polar surface area (TPSA) is 27.1 Å². The molecule has 2 aliphatic carbocycles. The molecule has 0 radical (unpaired) electrons. The van der Waals surface area contributed by atoms with Crippen molar-refractivity contribution in [3.05, 3.63) is 29.6 Å². The first kappa shape index (κ1) is 12.6. The quantitative estimate of drug-likeness (QED) is 0.782. The van der Waals surface area contributed by atoms with E-state index < -0.39 is 0 Å². The maximum atomic E-state index is 5.45. The lowest BCUT2D eigenvalue weighted by Gasteiger charge is -2.24. The number of nitrogens with zero attached hydrogens (tertiary/aromatic N) is 2. The molecule has 20 heavy (non-hydrogen) atoms. The Kier molecular flexibility index (Phi) is 3.39. The molecule has 3 aliphatic rings. The highest BCUT2D eigenvalue weighted by Gasteiger charge is 2.33. The van der Waals surface area contributed by atoms with Crippen LogP contribution in [0.15, 0.2) is 24.0 Å². The van der Waals surface area contributed by atoms with Crippen LogP contribution in [0.25, 0.3) is 0 Å². The summed E-state index contributed by atoms with van der Waals surface area (Å²) in [5.41, 5.74) is 3.18. The van der Waals surface area contributed by atoms with Crippen molar-refractivity contribution in [2.45, 2.75) is 56.9 Å². The van der Waals surface area contributed by atoms with Crippen molar-refractivity contribution in [3.63, 3.8) is 0 Å². The summed E-state index contributed by atoms with van der Waals surface area (Å²) in [6.07, 6.45) is 16.0. The Morgan fingerprint density at radius 3 is 2.75 bits per heavy atom. The van der Waals surface area contributed by atoms with Crippen LogP contribution >= 0.6 is 0 Å². The van der Waals surface area contributed by atoms with Crippen LogP contribution in [0.3, 0.4) is 0 Å². The van der Waals surface area contributed by atoms with E-state index in [1.54, 1.807) is 5.57 Å². The zero-order chi connectivity index (χ0) is 13.4. The molecular formula is C17H24N2O. The van der Waals surface area contributed by atoms with Gasteiger partial charge in [0.2, 0.25) is 0 Å². The monoisotopic (exact) mass is 272 g/mol. The van der Waals surface area contributed by atoms with Crippen LogP contribution in [-0.2, 0) is 4.74 Å². The zero-order valence-electron chi connectivity index (χ0n) is 12.1. The van der Waals surface area contributed by atoms with E-state index in [-0.39, 0.29) is 0 Å². The highest BCUT2D eigenvalue weighted by Crippen LogP contribution is 2.47. The van der Waals surface area contributed by atoms with Gasteiger partial charge in [0.15, 0.2) is 0 Å². The van der Waals surface area contributed by atoms with Crippen LogP contribution in [0, 0.1) is 5.92 Å². The first-order valence-corrected chi connectivity index (χ1v) is 8.23. The molecule has 0 N–H and O–H groups in total. The summed E-state index contributed by atoms with van der Waals surface area (Å²) in [4.78, 5) is 0. The fourth-order valence-electron chi connectivity index (χ4n) is 3.81. The van der Waals surface area contributed by atoms with Gasteiger partial charge in [-0.1, -0.05) is 11.6 Å². The summed E-state index contributed by atoms with van der Waals surface area (Å²) in [6, 6.07) is 0.550. The van der Waals surface area contributed by atoms with Gasteiger partial charge in [-0.15, -0.1) is 0 Å². The smallest absolute Gasteiger partial charge is 0.0563 e. The molecule has 1 unspecified atom stereocenters. The first-order chi connectivity index (χ1) is 9.92. The van der Waals surface area contributed by atoms with Crippen molar-refractivity contribution in [1.82, 2.24) is 9.78 Å². The van der Waals surface area contributed by atoms with E-state index in [1.807, 2.05) is 0 Å². The normalized spacial score (nSPS) is 28.4. The van der Waals surface area contributed by atoms with E-state index in [1.165, 1.54) is 37.7 Å². The van der Waals surface area contributed by atoms with E-state index in [4.69, 9.17) is 4.74 Å².